The number of amides is 1. The van der Waals surface area contributed by atoms with Crippen LogP contribution in [-0.2, 0) is 11.2 Å². The molecule has 2 rings (SSSR count). The van der Waals surface area contributed by atoms with E-state index in [1.54, 1.807) is 0 Å². The summed E-state index contributed by atoms with van der Waals surface area (Å²) in [6.45, 7) is 2.05. The molecule has 0 radical (unpaired) electrons. The molecule has 0 aromatic heterocycles. The molecule has 1 saturated carbocycles. The molecule has 0 bridgehead atoms. The first-order chi connectivity index (χ1) is 8.16. The van der Waals surface area contributed by atoms with Gasteiger partial charge in [-0.25, -0.2) is 0 Å². The fourth-order valence-corrected chi connectivity index (χ4v) is 3.04. The van der Waals surface area contributed by atoms with Gasteiger partial charge in [-0.15, -0.1) is 0 Å². The van der Waals surface area contributed by atoms with Crippen LogP contribution in [0.2, 0.25) is 0 Å². The largest absolute Gasteiger partial charge is 0.352 e. The first-order valence-corrected chi connectivity index (χ1v) is 7.06. The third-order valence-electron chi connectivity index (χ3n) is 3.39. The Morgan fingerprint density at radius 3 is 2.82 bits per heavy atom. The van der Waals surface area contributed by atoms with Crippen molar-refractivity contribution in [2.24, 2.45) is 0 Å². The van der Waals surface area contributed by atoms with Crippen molar-refractivity contribution in [1.82, 2.24) is 5.32 Å². The quantitative estimate of drug-likeness (QED) is 0.854. The van der Waals surface area contributed by atoms with Gasteiger partial charge in [0, 0.05) is 10.9 Å². The molecule has 2 atom stereocenters. The molecule has 2 unspecified atom stereocenters. The number of nitrogens with one attached hydrogen (secondary N) is 1. The number of carbonyl (C=O) groups excluding carboxylic acids is 1. The van der Waals surface area contributed by atoms with Gasteiger partial charge in [-0.3, -0.25) is 4.79 Å². The van der Waals surface area contributed by atoms with Crippen LogP contribution in [0.3, 0.4) is 0 Å². The number of alkyl halides is 1. The van der Waals surface area contributed by atoms with Gasteiger partial charge in [-0.2, -0.15) is 0 Å². The van der Waals surface area contributed by atoms with Crippen molar-refractivity contribution in [3.63, 3.8) is 0 Å². The molecule has 17 heavy (non-hydrogen) atoms. The average molecular weight is 296 g/mol. The van der Waals surface area contributed by atoms with Gasteiger partial charge in [-0.05, 0) is 30.9 Å². The Morgan fingerprint density at radius 2 is 2.18 bits per heavy atom. The molecular formula is C14H18BrNO. The van der Waals surface area contributed by atoms with Crippen molar-refractivity contribution < 1.29 is 4.79 Å². The van der Waals surface area contributed by atoms with Crippen molar-refractivity contribution in [3.05, 3.63) is 35.4 Å². The first-order valence-electron chi connectivity index (χ1n) is 6.15. The Balaban J connectivity index is 1.91. The zero-order chi connectivity index (χ0) is 12.3. The van der Waals surface area contributed by atoms with E-state index in [2.05, 4.69) is 21.2 Å². The normalized spacial score (nSPS) is 23.6. The van der Waals surface area contributed by atoms with Crippen molar-refractivity contribution in [2.45, 2.75) is 43.5 Å². The summed E-state index contributed by atoms with van der Waals surface area (Å²) < 4.78 is 0. The molecule has 1 aromatic carbocycles. The van der Waals surface area contributed by atoms with Gasteiger partial charge >= 0.3 is 0 Å². The number of rotatable bonds is 3. The van der Waals surface area contributed by atoms with Crippen molar-refractivity contribution in [3.8, 4) is 0 Å². The highest BCUT2D eigenvalue weighted by Crippen LogP contribution is 2.25. The number of benzene rings is 1. The summed E-state index contributed by atoms with van der Waals surface area (Å²) in [6.07, 6.45) is 3.94. The third-order valence-corrected chi connectivity index (χ3v) is 4.49. The highest BCUT2D eigenvalue weighted by atomic mass is 79.9. The molecule has 1 aliphatic rings. The molecular weight excluding hydrogens is 278 g/mol. The van der Waals surface area contributed by atoms with E-state index in [-0.39, 0.29) is 5.91 Å². The SMILES string of the molecule is Cc1ccccc1CC(=O)NC1CCCC1Br. The Morgan fingerprint density at radius 1 is 1.41 bits per heavy atom. The van der Waals surface area contributed by atoms with Crippen LogP contribution in [0.25, 0.3) is 0 Å². The van der Waals surface area contributed by atoms with Crippen LogP contribution in [0.5, 0.6) is 0 Å². The summed E-state index contributed by atoms with van der Waals surface area (Å²) in [7, 11) is 0. The van der Waals surface area contributed by atoms with E-state index in [9.17, 15) is 4.79 Å². The fraction of sp³-hybridized carbons (Fsp3) is 0.500. The minimum Gasteiger partial charge on any atom is -0.352 e. The van der Waals surface area contributed by atoms with Crippen LogP contribution >= 0.6 is 15.9 Å². The maximum atomic E-state index is 11.9. The van der Waals surface area contributed by atoms with E-state index in [0.29, 0.717) is 17.3 Å². The third kappa shape index (κ3) is 3.32. The summed E-state index contributed by atoms with van der Waals surface area (Å²) in [6, 6.07) is 8.37. The van der Waals surface area contributed by atoms with E-state index in [1.165, 1.54) is 12.0 Å². The highest BCUT2D eigenvalue weighted by Gasteiger charge is 2.26. The monoisotopic (exact) mass is 295 g/mol. The van der Waals surface area contributed by atoms with Crippen molar-refractivity contribution in [2.75, 3.05) is 0 Å². The molecule has 0 aliphatic heterocycles. The highest BCUT2D eigenvalue weighted by molar-refractivity contribution is 9.09. The Labute approximate surface area is 111 Å². The topological polar surface area (TPSA) is 29.1 Å². The summed E-state index contributed by atoms with van der Waals surface area (Å²) >= 11 is 3.62. The Kier molecular flexibility index (Phi) is 4.21. The Hall–Kier alpha value is -0.830. The van der Waals surface area contributed by atoms with Crippen LogP contribution in [0.4, 0.5) is 0 Å². The second kappa shape index (κ2) is 5.67. The molecule has 92 valence electrons. The minimum atomic E-state index is 0.135. The smallest absolute Gasteiger partial charge is 0.224 e. The van der Waals surface area contributed by atoms with Gasteiger partial charge in [-0.1, -0.05) is 46.6 Å². The second-order valence-corrected chi connectivity index (χ2v) is 5.90. The lowest BCUT2D eigenvalue weighted by molar-refractivity contribution is -0.121. The number of carbonyl (C=O) groups is 1. The van der Waals surface area contributed by atoms with Crippen LogP contribution < -0.4 is 5.32 Å². The van der Waals surface area contributed by atoms with Crippen molar-refractivity contribution >= 4 is 21.8 Å². The fourth-order valence-electron chi connectivity index (χ4n) is 2.32. The molecule has 3 heteroatoms. The maximum absolute atomic E-state index is 11.9. The van der Waals surface area contributed by atoms with E-state index in [0.717, 1.165) is 18.4 Å². The van der Waals surface area contributed by atoms with Gasteiger partial charge in [0.1, 0.15) is 0 Å². The molecule has 2 nitrogen and oxygen atoms in total. The number of halogens is 1. The number of hydrogen-bond donors (Lipinski definition) is 1. The van der Waals surface area contributed by atoms with Crippen LogP contribution in [-0.4, -0.2) is 16.8 Å². The zero-order valence-electron chi connectivity index (χ0n) is 10.1. The van der Waals surface area contributed by atoms with Crippen molar-refractivity contribution in [1.29, 1.82) is 0 Å². The molecule has 1 amide bonds. The molecule has 1 aromatic rings. The minimum absolute atomic E-state index is 0.135. The molecule has 1 aliphatic carbocycles. The second-order valence-electron chi connectivity index (χ2n) is 4.72. The van der Waals surface area contributed by atoms with Crippen LogP contribution in [0, 0.1) is 6.92 Å². The molecule has 0 heterocycles. The first kappa shape index (κ1) is 12.6. The van der Waals surface area contributed by atoms with Crippen LogP contribution in [0.1, 0.15) is 30.4 Å². The average Bonchev–Trinajstić information content (AvgIpc) is 2.68. The van der Waals surface area contributed by atoms with E-state index < -0.39 is 0 Å². The van der Waals surface area contributed by atoms with Gasteiger partial charge < -0.3 is 5.32 Å². The predicted molar refractivity (Wildman–Crippen MR) is 73.4 cm³/mol. The number of hydrogen-bond acceptors (Lipinski definition) is 1. The molecule has 0 spiro atoms. The van der Waals surface area contributed by atoms with Gasteiger partial charge in [0.15, 0.2) is 0 Å². The summed E-state index contributed by atoms with van der Waals surface area (Å²) in [5, 5.41) is 3.12. The maximum Gasteiger partial charge on any atom is 0.224 e. The lowest BCUT2D eigenvalue weighted by Gasteiger charge is -2.16. The summed E-state index contributed by atoms with van der Waals surface area (Å²) in [5.74, 6) is 0.135. The van der Waals surface area contributed by atoms with Gasteiger partial charge in [0.05, 0.1) is 6.42 Å². The molecule has 1 N–H and O–H groups in total. The standard InChI is InChI=1S/C14H18BrNO/c1-10-5-2-3-6-11(10)9-14(17)16-13-8-4-7-12(13)15/h2-3,5-6,12-13H,4,7-9H2,1H3,(H,16,17). The summed E-state index contributed by atoms with van der Waals surface area (Å²) in [4.78, 5) is 12.4. The van der Waals surface area contributed by atoms with Gasteiger partial charge in [0.2, 0.25) is 5.91 Å². The van der Waals surface area contributed by atoms with E-state index in [4.69, 9.17) is 0 Å². The van der Waals surface area contributed by atoms with Crippen LogP contribution in [0.15, 0.2) is 24.3 Å². The molecule has 0 saturated heterocycles. The van der Waals surface area contributed by atoms with E-state index >= 15 is 0 Å². The number of aryl methyl sites for hydroxylation is 1. The molecule has 1 fully saturated rings. The Bertz CT molecular complexity index is 405. The zero-order valence-corrected chi connectivity index (χ0v) is 11.7. The lowest BCUT2D eigenvalue weighted by atomic mass is 10.1. The van der Waals surface area contributed by atoms with E-state index in [1.807, 2.05) is 31.2 Å². The predicted octanol–water partition coefficient (Wildman–Crippen LogP) is 2.97. The van der Waals surface area contributed by atoms with Gasteiger partial charge in [0.25, 0.3) is 0 Å². The lowest BCUT2D eigenvalue weighted by Crippen LogP contribution is -2.38. The summed E-state index contributed by atoms with van der Waals surface area (Å²) in [5.41, 5.74) is 2.30.